The van der Waals surface area contributed by atoms with Crippen LogP contribution in [-0.2, 0) is 11.3 Å². The van der Waals surface area contributed by atoms with E-state index in [0.717, 1.165) is 27.8 Å². The van der Waals surface area contributed by atoms with Gasteiger partial charge in [0.1, 0.15) is 17.4 Å². The van der Waals surface area contributed by atoms with Gasteiger partial charge in [0.05, 0.1) is 0 Å². The van der Waals surface area contributed by atoms with Gasteiger partial charge in [-0.2, -0.15) is 0 Å². The molecule has 220 valence electrons. The van der Waals surface area contributed by atoms with Crippen molar-refractivity contribution >= 4 is 29.3 Å². The average molecular weight is 605 g/mol. The second kappa shape index (κ2) is 12.7. The third-order valence-corrected chi connectivity index (χ3v) is 9.05. The van der Waals surface area contributed by atoms with Crippen LogP contribution >= 0.6 is 11.8 Å². The molecule has 2 N–H and O–H groups in total. The van der Waals surface area contributed by atoms with Gasteiger partial charge in [-0.3, -0.25) is 9.78 Å². The predicted octanol–water partition coefficient (Wildman–Crippen LogP) is 8.33. The molecule has 6 heteroatoms. The van der Waals surface area contributed by atoms with Crippen molar-refractivity contribution in [2.75, 3.05) is 10.2 Å². The molecule has 1 aliphatic rings. The molecule has 0 saturated heterocycles. The van der Waals surface area contributed by atoms with E-state index >= 15 is 0 Å². The predicted molar refractivity (Wildman–Crippen MR) is 185 cm³/mol. The number of hydrogen-bond donors (Lipinski definition) is 2. The molecule has 2 heterocycles. The highest BCUT2D eigenvalue weighted by Gasteiger charge is 2.49. The molecule has 5 aromatic carbocycles. The maximum absolute atomic E-state index is 13.8. The Morgan fingerprint density at radius 1 is 0.689 bits per heavy atom. The number of nitrogens with zero attached hydrogens (tertiary/aromatic N) is 2. The molecule has 7 rings (SSSR count). The smallest absolute Gasteiger partial charge is 0.277 e. The number of fused-ring (bicyclic) bond motifs is 1. The van der Waals surface area contributed by atoms with Crippen LogP contribution in [0, 0.1) is 0 Å². The lowest BCUT2D eigenvalue weighted by molar-refractivity contribution is 0.543. The van der Waals surface area contributed by atoms with E-state index in [4.69, 9.17) is 4.98 Å². The first-order valence-corrected chi connectivity index (χ1v) is 16.0. The zero-order valence-electron chi connectivity index (χ0n) is 24.6. The topological polar surface area (TPSA) is 61.0 Å². The molecule has 1 atom stereocenters. The second-order valence-corrected chi connectivity index (χ2v) is 11.8. The summed E-state index contributed by atoms with van der Waals surface area (Å²) in [5.74, 6) is 1.29. The summed E-state index contributed by atoms with van der Waals surface area (Å²) in [4.78, 5) is 24.3. The Hall–Kier alpha value is -5.33. The van der Waals surface area contributed by atoms with Gasteiger partial charge in [-0.25, -0.2) is 4.98 Å². The molecule has 0 saturated carbocycles. The summed E-state index contributed by atoms with van der Waals surface area (Å²) in [7, 11) is 0. The van der Waals surface area contributed by atoms with Gasteiger partial charge in [0.25, 0.3) is 5.56 Å². The van der Waals surface area contributed by atoms with Crippen molar-refractivity contribution in [2.24, 2.45) is 0 Å². The number of anilines is 2. The van der Waals surface area contributed by atoms with Gasteiger partial charge in [-0.1, -0.05) is 169 Å². The van der Waals surface area contributed by atoms with Crippen LogP contribution in [0.25, 0.3) is 6.08 Å². The van der Waals surface area contributed by atoms with Crippen LogP contribution in [0.2, 0.25) is 0 Å². The number of thioether (sulfide) groups is 1. The molecule has 0 aliphatic carbocycles. The van der Waals surface area contributed by atoms with E-state index in [1.54, 1.807) is 0 Å². The number of rotatable bonds is 9. The summed E-state index contributed by atoms with van der Waals surface area (Å²) < 4.78 is 0. The first-order valence-electron chi connectivity index (χ1n) is 15.0. The summed E-state index contributed by atoms with van der Waals surface area (Å²) in [5.41, 5.74) is 4.85. The van der Waals surface area contributed by atoms with Crippen molar-refractivity contribution < 1.29 is 0 Å². The molecule has 5 nitrogen and oxygen atoms in total. The highest BCUT2D eigenvalue weighted by Crippen LogP contribution is 2.49. The molecule has 0 amide bonds. The molecule has 0 fully saturated rings. The SMILES string of the molecule is O=c1[nH]c(SCc2ccccc2)nc2c1NC(C=Cc1ccccc1)N2C(c1ccccc1)(c1ccccc1)c1ccccc1. The minimum atomic E-state index is -0.837. The summed E-state index contributed by atoms with van der Waals surface area (Å²) in [5, 5.41) is 4.14. The monoisotopic (exact) mass is 604 g/mol. The van der Waals surface area contributed by atoms with Crippen molar-refractivity contribution in [1.29, 1.82) is 0 Å². The first kappa shape index (κ1) is 28.4. The highest BCUT2D eigenvalue weighted by atomic mass is 32.2. The lowest BCUT2D eigenvalue weighted by atomic mass is 9.75. The fourth-order valence-electron chi connectivity index (χ4n) is 6.11. The van der Waals surface area contributed by atoms with Crippen molar-refractivity contribution in [2.45, 2.75) is 22.6 Å². The Morgan fingerprint density at radius 3 is 1.71 bits per heavy atom. The van der Waals surface area contributed by atoms with Crippen molar-refractivity contribution in [1.82, 2.24) is 9.97 Å². The van der Waals surface area contributed by atoms with Crippen LogP contribution in [0.4, 0.5) is 11.5 Å². The molecule has 0 spiro atoms. The van der Waals surface area contributed by atoms with Crippen LogP contribution in [-0.4, -0.2) is 16.1 Å². The van der Waals surface area contributed by atoms with E-state index < -0.39 is 11.7 Å². The van der Waals surface area contributed by atoms with Gasteiger partial charge in [-0.05, 0) is 33.9 Å². The Balaban J connectivity index is 1.47. The molecular formula is C39H32N4OS. The molecule has 6 aromatic rings. The molecule has 0 radical (unpaired) electrons. The van der Waals surface area contributed by atoms with E-state index in [1.807, 2.05) is 54.6 Å². The quantitative estimate of drug-likeness (QED) is 0.0987. The van der Waals surface area contributed by atoms with Crippen LogP contribution in [0.15, 0.2) is 168 Å². The van der Waals surface area contributed by atoms with Gasteiger partial charge >= 0.3 is 0 Å². The summed E-state index contributed by atoms with van der Waals surface area (Å²) in [6.07, 6.45) is 3.82. The lowest BCUT2D eigenvalue weighted by Crippen LogP contribution is -2.53. The summed E-state index contributed by atoms with van der Waals surface area (Å²) in [6.45, 7) is 0. The molecular weight excluding hydrogens is 573 g/mol. The Kier molecular flexibility index (Phi) is 8.04. The highest BCUT2D eigenvalue weighted by molar-refractivity contribution is 7.98. The zero-order valence-corrected chi connectivity index (χ0v) is 25.4. The molecule has 1 unspecified atom stereocenters. The number of benzene rings is 5. The number of aromatic amines is 1. The van der Waals surface area contributed by atoms with Crippen LogP contribution in [0.3, 0.4) is 0 Å². The third-order valence-electron chi connectivity index (χ3n) is 8.10. The average Bonchev–Trinajstić information content (AvgIpc) is 3.48. The molecule has 1 aliphatic heterocycles. The number of aromatic nitrogens is 2. The molecule has 45 heavy (non-hydrogen) atoms. The van der Waals surface area contributed by atoms with E-state index in [-0.39, 0.29) is 5.56 Å². The van der Waals surface area contributed by atoms with Crippen LogP contribution in [0.1, 0.15) is 27.8 Å². The van der Waals surface area contributed by atoms with E-state index in [2.05, 4.69) is 124 Å². The zero-order chi connectivity index (χ0) is 30.5. The standard InChI is InChI=1S/C39H32N4OS/c44-37-35-36(41-38(42-37)45-28-30-18-8-2-9-19-30)43(34(40-35)27-26-29-16-6-1-7-17-29)39(31-20-10-3-11-21-31,32-22-12-4-13-23-32)33-24-14-5-15-25-33/h1-27,34,40H,28H2,(H,41,42,44). The second-order valence-electron chi connectivity index (χ2n) is 10.9. The van der Waals surface area contributed by atoms with Gasteiger partial charge in [0, 0.05) is 5.75 Å². The normalized spacial score (nSPS) is 14.3. The molecule has 0 bridgehead atoms. The van der Waals surface area contributed by atoms with E-state index in [9.17, 15) is 4.79 Å². The number of hydrogen-bond acceptors (Lipinski definition) is 5. The number of nitrogens with one attached hydrogen (secondary N) is 2. The van der Waals surface area contributed by atoms with Gasteiger partial charge in [-0.15, -0.1) is 0 Å². The Morgan fingerprint density at radius 2 is 1.18 bits per heavy atom. The molecule has 1 aromatic heterocycles. The van der Waals surface area contributed by atoms with Gasteiger partial charge in [0.15, 0.2) is 11.0 Å². The summed E-state index contributed by atoms with van der Waals surface area (Å²) >= 11 is 1.53. The fourth-order valence-corrected chi connectivity index (χ4v) is 6.92. The maximum Gasteiger partial charge on any atom is 0.277 e. The maximum atomic E-state index is 13.8. The van der Waals surface area contributed by atoms with E-state index in [1.165, 1.54) is 11.8 Å². The van der Waals surface area contributed by atoms with Crippen molar-refractivity contribution in [3.8, 4) is 0 Å². The Labute approximate surface area is 267 Å². The minimum Gasteiger partial charge on any atom is -0.354 e. The fraction of sp³-hybridized carbons (Fsp3) is 0.0769. The largest absolute Gasteiger partial charge is 0.354 e. The lowest BCUT2D eigenvalue weighted by Gasteiger charge is -2.46. The van der Waals surface area contributed by atoms with Crippen LogP contribution in [0.5, 0.6) is 0 Å². The summed E-state index contributed by atoms with van der Waals surface area (Å²) in [6, 6.07) is 51.9. The number of H-pyrrole nitrogens is 1. The van der Waals surface area contributed by atoms with Crippen LogP contribution < -0.4 is 15.8 Å². The van der Waals surface area contributed by atoms with Gasteiger partial charge in [0.2, 0.25) is 0 Å². The minimum absolute atomic E-state index is 0.195. The third kappa shape index (κ3) is 5.56. The van der Waals surface area contributed by atoms with Crippen molar-refractivity contribution in [3.05, 3.63) is 196 Å². The first-order chi connectivity index (χ1) is 22.2. The van der Waals surface area contributed by atoms with Crippen molar-refractivity contribution in [3.63, 3.8) is 0 Å². The Bertz CT molecular complexity index is 1850. The van der Waals surface area contributed by atoms with Gasteiger partial charge < -0.3 is 10.2 Å². The van der Waals surface area contributed by atoms with E-state index in [0.29, 0.717) is 22.4 Å².